The van der Waals surface area contributed by atoms with Crippen molar-refractivity contribution in [3.63, 3.8) is 0 Å². The predicted molar refractivity (Wildman–Crippen MR) is 96.6 cm³/mol. The molecule has 2 rings (SSSR count). The lowest BCUT2D eigenvalue weighted by Gasteiger charge is -2.35. The Morgan fingerprint density at radius 3 is 2.50 bits per heavy atom. The lowest BCUT2D eigenvalue weighted by Crippen LogP contribution is -2.45. The van der Waals surface area contributed by atoms with E-state index in [4.69, 9.17) is 0 Å². The lowest BCUT2D eigenvalue weighted by molar-refractivity contribution is -0.253. The molecule has 0 spiro atoms. The van der Waals surface area contributed by atoms with Gasteiger partial charge in [-0.1, -0.05) is 38.3 Å². The second-order valence-corrected chi connectivity index (χ2v) is 6.33. The van der Waals surface area contributed by atoms with Crippen LogP contribution in [0.25, 0.3) is 0 Å². The molecule has 0 unspecified atom stereocenters. The van der Waals surface area contributed by atoms with Crippen molar-refractivity contribution in [2.24, 2.45) is 0 Å². The van der Waals surface area contributed by atoms with Crippen LogP contribution in [-0.2, 0) is 0 Å². The van der Waals surface area contributed by atoms with Gasteiger partial charge in [-0.25, -0.2) is 0 Å². The monoisotopic (exact) mass is 398 g/mol. The van der Waals surface area contributed by atoms with Crippen LogP contribution in [0.15, 0.2) is 24.3 Å². The van der Waals surface area contributed by atoms with E-state index in [2.05, 4.69) is 21.9 Å². The van der Waals surface area contributed by atoms with Crippen molar-refractivity contribution in [2.45, 2.75) is 51.2 Å². The first-order chi connectivity index (χ1) is 11.9. The second-order valence-electron chi connectivity index (χ2n) is 6.33. The third-order valence-corrected chi connectivity index (χ3v) is 4.42. The average Bonchev–Trinajstić information content (AvgIpc) is 2.59. The summed E-state index contributed by atoms with van der Waals surface area (Å²) in [5.74, 6) is -0.224. The van der Waals surface area contributed by atoms with Crippen LogP contribution in [0.3, 0.4) is 0 Å². The number of piperazine rings is 1. The second kappa shape index (κ2) is 10.9. The number of alkyl halides is 4. The van der Waals surface area contributed by atoms with E-state index in [1.807, 2.05) is 6.07 Å². The highest BCUT2D eigenvalue weighted by molar-refractivity contribution is 5.85. The van der Waals surface area contributed by atoms with E-state index in [0.717, 1.165) is 57.4 Å². The van der Waals surface area contributed by atoms with Crippen molar-refractivity contribution in [3.8, 4) is 5.75 Å². The molecule has 26 heavy (non-hydrogen) atoms. The normalized spacial score (nSPS) is 17.0. The van der Waals surface area contributed by atoms with Crippen LogP contribution in [0.4, 0.5) is 17.6 Å². The van der Waals surface area contributed by atoms with Gasteiger partial charge in [0.1, 0.15) is 5.75 Å². The van der Waals surface area contributed by atoms with E-state index in [-0.39, 0.29) is 24.2 Å². The van der Waals surface area contributed by atoms with Gasteiger partial charge in [-0.15, -0.1) is 12.4 Å². The first-order valence-electron chi connectivity index (χ1n) is 8.83. The quantitative estimate of drug-likeness (QED) is 0.474. The van der Waals surface area contributed by atoms with E-state index in [9.17, 15) is 17.6 Å². The number of hydrogen-bond donors (Lipinski definition) is 1. The molecule has 150 valence electrons. The summed E-state index contributed by atoms with van der Waals surface area (Å²) < 4.78 is 55.3. The van der Waals surface area contributed by atoms with Gasteiger partial charge < -0.3 is 10.1 Å². The minimum absolute atomic E-state index is 0. The molecule has 0 amide bonds. The average molecular weight is 399 g/mol. The van der Waals surface area contributed by atoms with Crippen molar-refractivity contribution >= 4 is 12.4 Å². The van der Waals surface area contributed by atoms with Crippen LogP contribution in [0.5, 0.6) is 5.75 Å². The molecule has 3 nitrogen and oxygen atoms in total. The molecule has 0 bridgehead atoms. The minimum Gasteiger partial charge on any atom is -0.428 e. The molecule has 0 saturated carbocycles. The van der Waals surface area contributed by atoms with Crippen molar-refractivity contribution in [1.82, 2.24) is 10.2 Å². The van der Waals surface area contributed by atoms with Crippen molar-refractivity contribution in [3.05, 3.63) is 29.8 Å². The SMILES string of the molecule is CCCCC[C@@H](c1cccc(OC(F)(F)C(F)F)c1)N1CCNCC1.Cl. The number of hydrogen-bond acceptors (Lipinski definition) is 3. The smallest absolute Gasteiger partial charge is 0.428 e. The molecule has 1 fully saturated rings. The molecule has 0 aromatic heterocycles. The zero-order valence-corrected chi connectivity index (χ0v) is 15.7. The van der Waals surface area contributed by atoms with Crippen molar-refractivity contribution < 1.29 is 22.3 Å². The van der Waals surface area contributed by atoms with Crippen LogP contribution in [0, 0.1) is 0 Å². The number of nitrogens with zero attached hydrogens (tertiary/aromatic N) is 1. The summed E-state index contributed by atoms with van der Waals surface area (Å²) in [7, 11) is 0. The zero-order chi connectivity index (χ0) is 18.3. The van der Waals surface area contributed by atoms with Crippen LogP contribution in [0.1, 0.15) is 44.2 Å². The zero-order valence-electron chi connectivity index (χ0n) is 14.9. The van der Waals surface area contributed by atoms with Gasteiger partial charge in [0.15, 0.2) is 0 Å². The summed E-state index contributed by atoms with van der Waals surface area (Å²) >= 11 is 0. The topological polar surface area (TPSA) is 24.5 Å². The maximum Gasteiger partial charge on any atom is 0.461 e. The molecule has 8 heteroatoms. The summed E-state index contributed by atoms with van der Waals surface area (Å²) in [6.45, 7) is 5.62. The Morgan fingerprint density at radius 2 is 1.88 bits per heavy atom. The highest BCUT2D eigenvalue weighted by atomic mass is 35.5. The number of halogens is 5. The predicted octanol–water partition coefficient (Wildman–Crippen LogP) is 4.87. The van der Waals surface area contributed by atoms with E-state index in [0.29, 0.717) is 0 Å². The van der Waals surface area contributed by atoms with Gasteiger partial charge in [0.05, 0.1) is 0 Å². The Bertz CT molecular complexity index is 528. The van der Waals surface area contributed by atoms with E-state index in [1.165, 1.54) is 12.1 Å². The number of unbranched alkanes of at least 4 members (excludes halogenated alkanes) is 2. The van der Waals surface area contributed by atoms with Gasteiger partial charge >= 0.3 is 12.5 Å². The number of rotatable bonds is 9. The summed E-state index contributed by atoms with van der Waals surface area (Å²) in [5.41, 5.74) is 0.834. The van der Waals surface area contributed by atoms with Crippen LogP contribution in [0.2, 0.25) is 0 Å². The highest BCUT2D eigenvalue weighted by Gasteiger charge is 2.44. The fourth-order valence-corrected chi connectivity index (χ4v) is 3.13. The molecular formula is C18H27ClF4N2O. The Labute approximate surface area is 158 Å². The molecular weight excluding hydrogens is 372 g/mol. The molecule has 1 aliphatic rings. The maximum absolute atomic E-state index is 13.2. The van der Waals surface area contributed by atoms with Crippen molar-refractivity contribution in [1.29, 1.82) is 0 Å². The molecule has 1 atom stereocenters. The van der Waals surface area contributed by atoms with E-state index >= 15 is 0 Å². The fourth-order valence-electron chi connectivity index (χ4n) is 3.13. The van der Waals surface area contributed by atoms with E-state index in [1.54, 1.807) is 6.07 Å². The van der Waals surface area contributed by atoms with Crippen LogP contribution < -0.4 is 10.1 Å². The minimum atomic E-state index is -4.48. The van der Waals surface area contributed by atoms with E-state index < -0.39 is 12.5 Å². The Kier molecular flexibility index (Phi) is 9.68. The third-order valence-electron chi connectivity index (χ3n) is 4.42. The van der Waals surface area contributed by atoms with Gasteiger partial charge in [0.25, 0.3) is 0 Å². The summed E-state index contributed by atoms with van der Waals surface area (Å²) in [6.07, 6.45) is -4.21. The molecule has 1 saturated heterocycles. The number of ether oxygens (including phenoxy) is 1. The summed E-state index contributed by atoms with van der Waals surface area (Å²) in [6, 6.07) is 6.28. The standard InChI is InChI=1S/C18H26F4N2O.ClH/c1-2-3-4-8-16(24-11-9-23-10-12-24)14-6-5-7-15(13-14)25-18(21,22)17(19)20;/h5-7,13,16-17,23H,2-4,8-12H2,1H3;1H/t16-;/m0./s1. The molecule has 1 N–H and O–H groups in total. The summed E-state index contributed by atoms with van der Waals surface area (Å²) in [5, 5.41) is 3.29. The Balaban J connectivity index is 0.00000338. The highest BCUT2D eigenvalue weighted by Crippen LogP contribution is 2.32. The lowest BCUT2D eigenvalue weighted by atomic mass is 9.98. The molecule has 1 aromatic carbocycles. The van der Waals surface area contributed by atoms with Crippen molar-refractivity contribution in [2.75, 3.05) is 26.2 Å². The molecule has 0 radical (unpaired) electrons. The largest absolute Gasteiger partial charge is 0.461 e. The van der Waals surface area contributed by atoms with Gasteiger partial charge in [-0.2, -0.15) is 17.6 Å². The third kappa shape index (κ3) is 6.59. The molecule has 0 aliphatic carbocycles. The Hall–Kier alpha value is -1.05. The fraction of sp³-hybridized carbons (Fsp3) is 0.667. The number of benzene rings is 1. The van der Waals surface area contributed by atoms with Crippen LogP contribution in [-0.4, -0.2) is 43.6 Å². The number of nitrogens with one attached hydrogen (secondary N) is 1. The van der Waals surface area contributed by atoms with Gasteiger partial charge in [0.2, 0.25) is 0 Å². The van der Waals surface area contributed by atoms with Gasteiger partial charge in [-0.3, -0.25) is 4.90 Å². The maximum atomic E-state index is 13.2. The first-order valence-corrected chi connectivity index (χ1v) is 8.83. The van der Waals surface area contributed by atoms with Gasteiger partial charge in [0, 0.05) is 32.2 Å². The van der Waals surface area contributed by atoms with Crippen LogP contribution >= 0.6 is 12.4 Å². The molecule has 1 heterocycles. The first kappa shape index (κ1) is 23.0. The Morgan fingerprint density at radius 1 is 1.19 bits per heavy atom. The summed E-state index contributed by atoms with van der Waals surface area (Å²) in [4.78, 5) is 2.32. The van der Waals surface area contributed by atoms with Gasteiger partial charge in [-0.05, 0) is 24.1 Å². The molecule has 1 aromatic rings. The molecule has 1 aliphatic heterocycles.